The van der Waals surface area contributed by atoms with Gasteiger partial charge in [0.05, 0.1) is 16.8 Å². The molecule has 5 aliphatic carbocycles. The molecular formula is C38H54N2O2. The largest absolute Gasteiger partial charge is 0.342 e. The van der Waals surface area contributed by atoms with Gasteiger partial charge in [0.15, 0.2) is 5.78 Å². The Bertz CT molecular complexity index is 1450. The van der Waals surface area contributed by atoms with Crippen molar-refractivity contribution in [2.24, 2.45) is 50.7 Å². The average molecular weight is 571 g/mol. The van der Waals surface area contributed by atoms with Gasteiger partial charge in [0, 0.05) is 12.1 Å². The maximum Gasteiger partial charge on any atom is 0.254 e. The Morgan fingerprint density at radius 1 is 0.857 bits per heavy atom. The fraction of sp³-hybridized carbons (Fsp3) is 0.763. The zero-order chi connectivity index (χ0) is 30.4. The number of aromatic nitrogens is 1. The van der Waals surface area contributed by atoms with E-state index in [1.165, 1.54) is 43.2 Å². The van der Waals surface area contributed by atoms with E-state index in [0.717, 1.165) is 42.6 Å². The minimum atomic E-state index is -0.329. The van der Waals surface area contributed by atoms with Gasteiger partial charge < -0.3 is 5.32 Å². The zero-order valence-corrected chi connectivity index (χ0v) is 28.0. The van der Waals surface area contributed by atoms with Gasteiger partial charge in [-0.25, -0.2) is 0 Å². The molecule has 1 N–H and O–H groups in total. The Hall–Kier alpha value is -1.97. The second kappa shape index (κ2) is 8.39. The highest BCUT2D eigenvalue weighted by atomic mass is 16.2. The summed E-state index contributed by atoms with van der Waals surface area (Å²) in [7, 11) is 0. The highest BCUT2D eigenvalue weighted by Crippen LogP contribution is 2.78. The molecule has 0 aromatic carbocycles. The number of hydrogen-bond acceptors (Lipinski definition) is 3. The van der Waals surface area contributed by atoms with Gasteiger partial charge in [0.2, 0.25) is 0 Å². The molecule has 4 fully saturated rings. The molecule has 1 amide bonds. The molecule has 6 aliphatic rings. The lowest BCUT2D eigenvalue weighted by Gasteiger charge is -2.73. The summed E-state index contributed by atoms with van der Waals surface area (Å²) in [6.45, 7) is 23.9. The molecule has 4 heteroatoms. The Morgan fingerprint density at radius 3 is 2.26 bits per heavy atom. The van der Waals surface area contributed by atoms with Crippen LogP contribution in [0.5, 0.6) is 0 Å². The summed E-state index contributed by atoms with van der Waals surface area (Å²) >= 11 is 0. The van der Waals surface area contributed by atoms with Crippen LogP contribution in [0.1, 0.15) is 140 Å². The molecule has 228 valence electrons. The molecule has 1 aromatic rings. The van der Waals surface area contributed by atoms with Crippen molar-refractivity contribution >= 4 is 11.7 Å². The van der Waals surface area contributed by atoms with Crippen LogP contribution in [0.3, 0.4) is 0 Å². The summed E-state index contributed by atoms with van der Waals surface area (Å²) in [5, 5.41) is 3.61. The van der Waals surface area contributed by atoms with Crippen molar-refractivity contribution < 1.29 is 9.59 Å². The maximum absolute atomic E-state index is 13.5. The minimum Gasteiger partial charge on any atom is -0.342 e. The zero-order valence-electron chi connectivity index (χ0n) is 28.0. The first-order valence-corrected chi connectivity index (χ1v) is 17.1. The highest BCUT2D eigenvalue weighted by Gasteiger charge is 2.72. The molecule has 7 rings (SSSR count). The van der Waals surface area contributed by atoms with E-state index < -0.39 is 0 Å². The summed E-state index contributed by atoms with van der Waals surface area (Å²) in [5.41, 5.74) is 7.06. The van der Waals surface area contributed by atoms with Gasteiger partial charge in [-0.15, -0.1) is 0 Å². The molecule has 1 aliphatic heterocycles. The van der Waals surface area contributed by atoms with E-state index in [1.54, 1.807) is 5.57 Å². The number of pyridine rings is 1. The first-order valence-electron chi connectivity index (χ1n) is 17.1. The Kier molecular flexibility index (Phi) is 5.75. The number of carbonyl (C=O) groups is 2. The van der Waals surface area contributed by atoms with Crippen LogP contribution in [0.4, 0.5) is 0 Å². The van der Waals surface area contributed by atoms with Crippen molar-refractivity contribution in [1.82, 2.24) is 10.3 Å². The smallest absolute Gasteiger partial charge is 0.254 e. The molecule has 1 aromatic heterocycles. The van der Waals surface area contributed by atoms with E-state index >= 15 is 0 Å². The van der Waals surface area contributed by atoms with Gasteiger partial charge in [-0.05, 0) is 133 Å². The number of carbonyl (C=O) groups excluding carboxylic acids is 2. The van der Waals surface area contributed by atoms with Gasteiger partial charge in [0.25, 0.3) is 5.91 Å². The van der Waals surface area contributed by atoms with Gasteiger partial charge >= 0.3 is 0 Å². The van der Waals surface area contributed by atoms with Crippen LogP contribution in [-0.2, 0) is 10.3 Å². The molecule has 2 heterocycles. The predicted molar refractivity (Wildman–Crippen MR) is 168 cm³/mol. The van der Waals surface area contributed by atoms with Crippen molar-refractivity contribution in [3.8, 4) is 0 Å². The van der Waals surface area contributed by atoms with Crippen LogP contribution in [0.15, 0.2) is 17.2 Å². The number of rotatable bonds is 1. The summed E-state index contributed by atoms with van der Waals surface area (Å²) in [4.78, 5) is 31.6. The fourth-order valence-corrected chi connectivity index (χ4v) is 13.3. The molecule has 8 atom stereocenters. The van der Waals surface area contributed by atoms with Gasteiger partial charge in [-0.2, -0.15) is 0 Å². The van der Waals surface area contributed by atoms with Gasteiger partial charge in [-0.1, -0.05) is 61.0 Å². The lowest BCUT2D eigenvalue weighted by molar-refractivity contribution is -0.226. The number of Topliss-reactive ketones (excluding diaryl/α,β-unsaturated/α-hetero) is 1. The highest BCUT2D eigenvalue weighted by molar-refractivity contribution is 6.01. The van der Waals surface area contributed by atoms with Crippen molar-refractivity contribution in [3.05, 3.63) is 39.7 Å². The monoisotopic (exact) mass is 570 g/mol. The topological polar surface area (TPSA) is 59.1 Å². The molecular weight excluding hydrogens is 516 g/mol. The van der Waals surface area contributed by atoms with E-state index in [-0.39, 0.29) is 38.5 Å². The summed E-state index contributed by atoms with van der Waals surface area (Å²) in [5.74, 6) is 2.55. The quantitative estimate of drug-likeness (QED) is 0.368. The maximum atomic E-state index is 13.5. The van der Waals surface area contributed by atoms with E-state index in [9.17, 15) is 9.59 Å². The van der Waals surface area contributed by atoms with Gasteiger partial charge in [0.1, 0.15) is 0 Å². The van der Waals surface area contributed by atoms with E-state index in [2.05, 4.69) is 78.7 Å². The van der Waals surface area contributed by atoms with Crippen molar-refractivity contribution in [2.45, 2.75) is 133 Å². The molecule has 1 spiro atoms. The number of aryl methyl sites for hydroxylation is 2. The number of amides is 1. The van der Waals surface area contributed by atoms with Crippen molar-refractivity contribution in [3.63, 3.8) is 0 Å². The standard InChI is InChI=1S/C38H54N2O2/c1-21(2)29-26(41)20-34(7)15-17-36(9)24(31(29)34)11-12-28-35(8)16-18-38(33(5,6)27(35)13-14-37(28,36)10)25-19-22(3)39-23(4)30(25)32(42)40-38/h19,21,24,27-28H,11-18,20H2,1-10H3,(H,40,42)/t24-,27+,28-,34+,35+,36-,37-,38?/m1/s1. The van der Waals surface area contributed by atoms with Crippen molar-refractivity contribution in [2.75, 3.05) is 0 Å². The number of ketones is 1. The minimum absolute atomic E-state index is 0.0728. The number of hydrogen-bond donors (Lipinski definition) is 1. The lowest BCUT2D eigenvalue weighted by atomic mass is 9.32. The van der Waals surface area contributed by atoms with Crippen LogP contribution < -0.4 is 5.32 Å². The second-order valence-electron chi connectivity index (χ2n) is 17.6. The van der Waals surface area contributed by atoms with Crippen LogP contribution in [-0.4, -0.2) is 16.7 Å². The van der Waals surface area contributed by atoms with E-state index in [0.29, 0.717) is 29.5 Å². The molecule has 0 radical (unpaired) electrons. The molecule has 42 heavy (non-hydrogen) atoms. The lowest BCUT2D eigenvalue weighted by Crippen LogP contribution is -2.68. The molecule has 0 saturated heterocycles. The van der Waals surface area contributed by atoms with E-state index in [4.69, 9.17) is 0 Å². The summed E-state index contributed by atoms with van der Waals surface area (Å²) < 4.78 is 0. The Labute approximate surface area is 254 Å². The van der Waals surface area contributed by atoms with Crippen LogP contribution >= 0.6 is 0 Å². The second-order valence-corrected chi connectivity index (χ2v) is 17.6. The third-order valence-electron chi connectivity index (χ3n) is 15.4. The number of allylic oxidation sites excluding steroid dienone is 2. The average Bonchev–Trinajstić information content (AvgIpc) is 3.33. The number of nitrogens with zero attached hydrogens (tertiary/aromatic N) is 1. The fourth-order valence-electron chi connectivity index (χ4n) is 13.3. The summed E-state index contributed by atoms with van der Waals surface area (Å²) in [6, 6.07) is 2.21. The van der Waals surface area contributed by atoms with Gasteiger partial charge in [-0.3, -0.25) is 14.6 Å². The predicted octanol–water partition coefficient (Wildman–Crippen LogP) is 8.64. The first-order chi connectivity index (χ1) is 19.5. The third kappa shape index (κ3) is 3.13. The SMILES string of the molecule is Cc1cc2c(c(C)n1)C(=O)NC21CC[C@]2(C)[C@H]3CC[C@@H]4C5=C(C(C)C)C(=O)C[C@]5(C)CC[C@@]4(C)[C@]3(C)CC[C@H]2C1(C)C. The number of nitrogens with one attached hydrogen (secondary N) is 1. The third-order valence-corrected chi connectivity index (χ3v) is 15.4. The van der Waals surface area contributed by atoms with Crippen LogP contribution in [0.2, 0.25) is 0 Å². The molecule has 0 bridgehead atoms. The number of fused-ring (bicyclic) bond motifs is 9. The molecule has 1 unspecified atom stereocenters. The van der Waals surface area contributed by atoms with Crippen LogP contribution in [0, 0.1) is 64.6 Å². The Balaban J connectivity index is 1.30. The Morgan fingerprint density at radius 2 is 1.57 bits per heavy atom. The first kappa shape index (κ1) is 28.8. The molecule has 4 nitrogen and oxygen atoms in total. The van der Waals surface area contributed by atoms with E-state index in [1.807, 2.05) is 6.92 Å². The van der Waals surface area contributed by atoms with Crippen LogP contribution in [0.25, 0.3) is 0 Å². The summed E-state index contributed by atoms with van der Waals surface area (Å²) in [6.07, 6.45) is 10.2. The molecule has 4 saturated carbocycles. The van der Waals surface area contributed by atoms with Crippen molar-refractivity contribution in [1.29, 1.82) is 0 Å². The normalized spacial score (nSPS) is 45.4.